The fourth-order valence-corrected chi connectivity index (χ4v) is 4.60. The molecule has 0 bridgehead atoms. The second-order valence-electron chi connectivity index (χ2n) is 7.28. The third-order valence-electron chi connectivity index (χ3n) is 5.16. The number of carbonyl (C=O) groups is 1. The van der Waals surface area contributed by atoms with Gasteiger partial charge in [-0.25, -0.2) is 10.1 Å². The van der Waals surface area contributed by atoms with E-state index in [1.54, 1.807) is 0 Å². The van der Waals surface area contributed by atoms with E-state index in [1.165, 1.54) is 11.3 Å². The van der Waals surface area contributed by atoms with E-state index in [9.17, 15) is 9.59 Å². The number of hydrogen-bond acceptors (Lipinski definition) is 5. The van der Waals surface area contributed by atoms with Crippen LogP contribution in [0.3, 0.4) is 0 Å². The van der Waals surface area contributed by atoms with E-state index in [0.717, 1.165) is 26.9 Å². The monoisotopic (exact) mass is 438 g/mol. The highest BCUT2D eigenvalue weighted by Crippen LogP contribution is 2.33. The predicted molar refractivity (Wildman–Crippen MR) is 128 cm³/mol. The van der Waals surface area contributed by atoms with E-state index in [0.29, 0.717) is 16.4 Å². The van der Waals surface area contributed by atoms with Crippen molar-refractivity contribution in [3.63, 3.8) is 0 Å². The van der Waals surface area contributed by atoms with Crippen LogP contribution in [0.5, 0.6) is 0 Å². The lowest BCUT2D eigenvalue weighted by molar-refractivity contribution is 0.102. The first kappa shape index (κ1) is 19.8. The first-order valence-electron chi connectivity index (χ1n) is 10.0. The summed E-state index contributed by atoms with van der Waals surface area (Å²) in [7, 11) is 0. The molecule has 156 valence electrons. The van der Waals surface area contributed by atoms with Crippen molar-refractivity contribution in [1.82, 2.24) is 15.2 Å². The summed E-state index contributed by atoms with van der Waals surface area (Å²) in [6.45, 7) is 1.97. The number of amides is 1. The van der Waals surface area contributed by atoms with Crippen LogP contribution in [0.4, 0.5) is 5.13 Å². The second kappa shape index (κ2) is 8.20. The van der Waals surface area contributed by atoms with Gasteiger partial charge in [-0.15, -0.1) is 0 Å². The average Bonchev–Trinajstić information content (AvgIpc) is 3.23. The Morgan fingerprint density at radius 1 is 0.906 bits per heavy atom. The first-order valence-corrected chi connectivity index (χ1v) is 10.8. The quantitative estimate of drug-likeness (QED) is 0.400. The van der Waals surface area contributed by atoms with E-state index in [2.05, 4.69) is 20.5 Å². The first-order chi connectivity index (χ1) is 15.6. The van der Waals surface area contributed by atoms with E-state index in [1.807, 2.05) is 85.8 Å². The van der Waals surface area contributed by atoms with Crippen LogP contribution in [0, 0.1) is 6.92 Å². The number of aromatic amines is 1. The molecule has 0 atom stereocenters. The molecule has 2 N–H and O–H groups in total. The molecule has 0 fully saturated rings. The zero-order chi connectivity index (χ0) is 22.1. The molecule has 0 unspecified atom stereocenters. The number of benzene rings is 3. The highest BCUT2D eigenvalue weighted by atomic mass is 32.1. The molecule has 0 aliphatic rings. The van der Waals surface area contributed by atoms with Crippen LogP contribution < -0.4 is 10.9 Å². The van der Waals surface area contributed by atoms with E-state index >= 15 is 0 Å². The van der Waals surface area contributed by atoms with Crippen molar-refractivity contribution in [3.05, 3.63) is 100 Å². The van der Waals surface area contributed by atoms with Crippen molar-refractivity contribution in [3.8, 4) is 22.4 Å². The van der Waals surface area contributed by atoms with Gasteiger partial charge in [-0.2, -0.15) is 5.10 Å². The Morgan fingerprint density at radius 2 is 1.59 bits per heavy atom. The summed E-state index contributed by atoms with van der Waals surface area (Å²) in [5, 5.41) is 10.1. The van der Waals surface area contributed by atoms with Crippen LogP contribution in [-0.2, 0) is 0 Å². The molecule has 6 nitrogen and oxygen atoms in total. The van der Waals surface area contributed by atoms with Crippen molar-refractivity contribution in [2.24, 2.45) is 0 Å². The predicted octanol–water partition coefficient (Wildman–Crippen LogP) is 5.27. The van der Waals surface area contributed by atoms with Gasteiger partial charge in [0.1, 0.15) is 5.56 Å². The third kappa shape index (κ3) is 3.59. The van der Waals surface area contributed by atoms with Crippen LogP contribution in [0.1, 0.15) is 15.9 Å². The zero-order valence-electron chi connectivity index (χ0n) is 17.1. The van der Waals surface area contributed by atoms with Gasteiger partial charge in [-0.1, -0.05) is 84.1 Å². The van der Waals surface area contributed by atoms with Gasteiger partial charge in [-0.3, -0.25) is 14.9 Å². The van der Waals surface area contributed by atoms with Crippen molar-refractivity contribution >= 4 is 32.6 Å². The summed E-state index contributed by atoms with van der Waals surface area (Å²) >= 11 is 1.37. The minimum atomic E-state index is -0.557. The summed E-state index contributed by atoms with van der Waals surface area (Å²) in [5.41, 5.74) is 3.85. The normalized spacial score (nSPS) is 10.9. The minimum Gasteiger partial charge on any atom is -0.298 e. The van der Waals surface area contributed by atoms with E-state index < -0.39 is 11.5 Å². The molecule has 0 radical (unpaired) electrons. The summed E-state index contributed by atoms with van der Waals surface area (Å²) in [4.78, 5) is 30.8. The molecular weight excluding hydrogens is 420 g/mol. The number of nitrogens with one attached hydrogen (secondary N) is 2. The Balaban J connectivity index is 1.66. The molecule has 7 heteroatoms. The van der Waals surface area contributed by atoms with Crippen LogP contribution in [0.2, 0.25) is 0 Å². The molecule has 32 heavy (non-hydrogen) atoms. The lowest BCUT2D eigenvalue weighted by atomic mass is 9.95. The lowest BCUT2D eigenvalue weighted by Crippen LogP contribution is -2.26. The van der Waals surface area contributed by atoms with Crippen LogP contribution in [0.15, 0.2) is 83.7 Å². The van der Waals surface area contributed by atoms with E-state index in [-0.39, 0.29) is 5.56 Å². The maximum Gasteiger partial charge on any atom is 0.277 e. The Kier molecular flexibility index (Phi) is 5.09. The largest absolute Gasteiger partial charge is 0.298 e. The lowest BCUT2D eigenvalue weighted by Gasteiger charge is -2.13. The van der Waals surface area contributed by atoms with Gasteiger partial charge in [0.15, 0.2) is 5.13 Å². The minimum absolute atomic E-state index is 0.000955. The Bertz CT molecular complexity index is 1490. The summed E-state index contributed by atoms with van der Waals surface area (Å²) in [6.07, 6.45) is 0. The van der Waals surface area contributed by atoms with Crippen molar-refractivity contribution < 1.29 is 4.79 Å². The molecule has 3 aromatic carbocycles. The number of thiazole rings is 1. The fourth-order valence-electron chi connectivity index (χ4n) is 3.66. The number of carbonyl (C=O) groups excluding carboxylic acids is 1. The number of nitrogens with zero attached hydrogens (tertiary/aromatic N) is 2. The van der Waals surface area contributed by atoms with Gasteiger partial charge in [0.05, 0.1) is 15.9 Å². The van der Waals surface area contributed by atoms with Gasteiger partial charge >= 0.3 is 0 Å². The summed E-state index contributed by atoms with van der Waals surface area (Å²) in [6, 6.07) is 24.7. The SMILES string of the molecule is Cc1cccc2sc(NC(=O)c3c(-c4ccccc4)c(-c4ccccc4)n[nH]c3=O)nc12. The molecular formula is C25H18N4O2S. The number of rotatable bonds is 4. The van der Waals surface area contributed by atoms with Crippen LogP contribution in [0.25, 0.3) is 32.6 Å². The van der Waals surface area contributed by atoms with Gasteiger partial charge in [0.25, 0.3) is 11.5 Å². The Labute approximate surface area is 187 Å². The second-order valence-corrected chi connectivity index (χ2v) is 8.31. The molecule has 5 rings (SSSR count). The standard InChI is InChI=1S/C25H18N4O2S/c1-15-9-8-14-18-21(15)26-25(32-18)27-23(30)20-19(16-10-4-2-5-11-16)22(28-29-24(20)31)17-12-6-3-7-13-17/h2-14H,1H3,(H,29,31)(H,26,27,30). The average molecular weight is 439 g/mol. The Morgan fingerprint density at radius 3 is 2.28 bits per heavy atom. The number of anilines is 1. The highest BCUT2D eigenvalue weighted by molar-refractivity contribution is 7.22. The molecule has 5 aromatic rings. The third-order valence-corrected chi connectivity index (χ3v) is 6.10. The molecule has 0 saturated carbocycles. The van der Waals surface area contributed by atoms with Crippen molar-refractivity contribution in [2.45, 2.75) is 6.92 Å². The van der Waals surface area contributed by atoms with Crippen molar-refractivity contribution in [2.75, 3.05) is 5.32 Å². The molecule has 1 amide bonds. The fraction of sp³-hybridized carbons (Fsp3) is 0.0400. The molecule has 0 spiro atoms. The number of H-pyrrole nitrogens is 1. The molecule has 0 aliphatic carbocycles. The maximum atomic E-state index is 13.4. The topological polar surface area (TPSA) is 87.7 Å². The molecule has 2 heterocycles. The van der Waals surface area contributed by atoms with E-state index in [4.69, 9.17) is 0 Å². The van der Waals surface area contributed by atoms with Gasteiger partial charge in [0.2, 0.25) is 0 Å². The molecule has 0 saturated heterocycles. The van der Waals surface area contributed by atoms with Crippen LogP contribution >= 0.6 is 11.3 Å². The van der Waals surface area contributed by atoms with Gasteiger partial charge < -0.3 is 0 Å². The number of aryl methyl sites for hydroxylation is 1. The van der Waals surface area contributed by atoms with Crippen molar-refractivity contribution in [1.29, 1.82) is 0 Å². The van der Waals surface area contributed by atoms with Gasteiger partial charge in [0, 0.05) is 11.1 Å². The summed E-state index contributed by atoms with van der Waals surface area (Å²) in [5.74, 6) is -0.526. The smallest absolute Gasteiger partial charge is 0.277 e. The summed E-state index contributed by atoms with van der Waals surface area (Å²) < 4.78 is 0.970. The maximum absolute atomic E-state index is 13.4. The highest BCUT2D eigenvalue weighted by Gasteiger charge is 2.24. The molecule has 0 aliphatic heterocycles. The number of hydrogen-bond donors (Lipinski definition) is 2. The number of para-hydroxylation sites is 1. The number of aromatic nitrogens is 3. The zero-order valence-corrected chi connectivity index (χ0v) is 17.9. The van der Waals surface area contributed by atoms with Crippen LogP contribution in [-0.4, -0.2) is 21.1 Å². The Hall–Kier alpha value is -4.10. The molecule has 2 aromatic heterocycles. The van der Waals surface area contributed by atoms with Gasteiger partial charge in [-0.05, 0) is 24.1 Å². The number of fused-ring (bicyclic) bond motifs is 1.